The summed E-state index contributed by atoms with van der Waals surface area (Å²) in [7, 11) is -1.51. The first-order chi connectivity index (χ1) is 11.4. The number of amides is 2. The fourth-order valence-corrected chi connectivity index (χ4v) is 4.39. The van der Waals surface area contributed by atoms with Crippen LogP contribution in [-0.4, -0.2) is 63.8 Å². The van der Waals surface area contributed by atoms with E-state index in [1.807, 2.05) is 6.92 Å². The molecule has 1 saturated heterocycles. The summed E-state index contributed by atoms with van der Waals surface area (Å²) in [6.45, 7) is 3.18. The quantitative estimate of drug-likeness (QED) is 0.804. The summed E-state index contributed by atoms with van der Waals surface area (Å²) in [5, 5.41) is 2.81. The summed E-state index contributed by atoms with van der Waals surface area (Å²) in [6, 6.07) is 6.43. The van der Waals surface area contributed by atoms with Crippen molar-refractivity contribution in [2.75, 3.05) is 43.7 Å². The van der Waals surface area contributed by atoms with Crippen molar-refractivity contribution in [1.29, 1.82) is 0 Å². The van der Waals surface area contributed by atoms with Crippen LogP contribution in [0.3, 0.4) is 0 Å². The van der Waals surface area contributed by atoms with E-state index in [0.717, 1.165) is 5.75 Å². The number of carbonyl (C=O) groups excluding carboxylic acids is 1. The Morgan fingerprint density at radius 2 is 2.04 bits per heavy atom. The van der Waals surface area contributed by atoms with E-state index in [2.05, 4.69) is 5.32 Å². The number of anilines is 1. The number of rotatable bonds is 7. The van der Waals surface area contributed by atoms with Gasteiger partial charge in [-0.3, -0.25) is 0 Å². The molecule has 0 saturated carbocycles. The third-order valence-corrected chi connectivity index (χ3v) is 5.61. The Morgan fingerprint density at radius 3 is 2.58 bits per heavy atom. The van der Waals surface area contributed by atoms with Crippen molar-refractivity contribution in [3.8, 4) is 5.75 Å². The molecule has 8 heteroatoms. The highest BCUT2D eigenvalue weighted by Crippen LogP contribution is 2.20. The van der Waals surface area contributed by atoms with Crippen molar-refractivity contribution >= 4 is 21.6 Å². The molecule has 1 unspecified atom stereocenters. The van der Waals surface area contributed by atoms with Gasteiger partial charge in [-0.05, 0) is 37.6 Å². The number of ether oxygens (including phenoxy) is 2. The maximum absolute atomic E-state index is 12.6. The van der Waals surface area contributed by atoms with E-state index in [9.17, 15) is 13.2 Å². The summed E-state index contributed by atoms with van der Waals surface area (Å²) in [4.78, 5) is 14.1. The van der Waals surface area contributed by atoms with Crippen molar-refractivity contribution in [3.05, 3.63) is 24.3 Å². The predicted molar refractivity (Wildman–Crippen MR) is 92.3 cm³/mol. The van der Waals surface area contributed by atoms with E-state index in [-0.39, 0.29) is 23.6 Å². The van der Waals surface area contributed by atoms with E-state index in [1.54, 1.807) is 36.3 Å². The minimum Gasteiger partial charge on any atom is -0.494 e. The fourth-order valence-electron chi connectivity index (χ4n) is 2.66. The first-order valence-electron chi connectivity index (χ1n) is 7.95. The highest BCUT2D eigenvalue weighted by Gasteiger charge is 2.34. The van der Waals surface area contributed by atoms with E-state index in [4.69, 9.17) is 9.47 Å². The van der Waals surface area contributed by atoms with Crippen LogP contribution < -0.4 is 10.1 Å². The molecule has 0 bridgehead atoms. The third-order valence-electron chi connectivity index (χ3n) is 3.86. The van der Waals surface area contributed by atoms with Gasteiger partial charge in [0.05, 0.1) is 24.7 Å². The number of urea groups is 1. The molecule has 1 atom stereocenters. The molecule has 1 N–H and O–H groups in total. The summed E-state index contributed by atoms with van der Waals surface area (Å²) < 4.78 is 33.8. The van der Waals surface area contributed by atoms with Gasteiger partial charge in [-0.25, -0.2) is 13.2 Å². The maximum Gasteiger partial charge on any atom is 0.322 e. The third kappa shape index (κ3) is 5.10. The summed E-state index contributed by atoms with van der Waals surface area (Å²) in [5.74, 6) is 0.860. The van der Waals surface area contributed by atoms with Crippen molar-refractivity contribution in [2.45, 2.75) is 19.4 Å². The molecule has 1 aromatic rings. The smallest absolute Gasteiger partial charge is 0.322 e. The van der Waals surface area contributed by atoms with Gasteiger partial charge in [0, 0.05) is 25.4 Å². The van der Waals surface area contributed by atoms with E-state index in [1.165, 1.54) is 0 Å². The summed E-state index contributed by atoms with van der Waals surface area (Å²) in [6.07, 6.45) is 0.461. The minimum absolute atomic E-state index is 0.00735. The van der Waals surface area contributed by atoms with Gasteiger partial charge in [-0.2, -0.15) is 0 Å². The van der Waals surface area contributed by atoms with Crippen LogP contribution in [0.4, 0.5) is 10.5 Å². The average molecular weight is 356 g/mol. The molecular weight excluding hydrogens is 332 g/mol. The first kappa shape index (κ1) is 18.5. The zero-order chi connectivity index (χ0) is 17.6. The zero-order valence-electron chi connectivity index (χ0n) is 14.0. The number of sulfone groups is 1. The lowest BCUT2D eigenvalue weighted by molar-refractivity contribution is 0.140. The number of hydrogen-bond donors (Lipinski definition) is 1. The molecule has 1 aromatic carbocycles. The molecule has 0 radical (unpaired) electrons. The lowest BCUT2D eigenvalue weighted by Crippen LogP contribution is -2.45. The van der Waals surface area contributed by atoms with Gasteiger partial charge in [0.15, 0.2) is 9.84 Å². The van der Waals surface area contributed by atoms with Crippen LogP contribution in [0.25, 0.3) is 0 Å². The number of nitrogens with zero attached hydrogens (tertiary/aromatic N) is 1. The van der Waals surface area contributed by atoms with Crippen LogP contribution in [0, 0.1) is 0 Å². The average Bonchev–Trinajstić information content (AvgIpc) is 2.90. The Balaban J connectivity index is 2.04. The van der Waals surface area contributed by atoms with Gasteiger partial charge in [-0.1, -0.05) is 0 Å². The topological polar surface area (TPSA) is 84.9 Å². The maximum atomic E-state index is 12.6. The van der Waals surface area contributed by atoms with E-state index >= 15 is 0 Å². The monoisotopic (exact) mass is 356 g/mol. The highest BCUT2D eigenvalue weighted by atomic mass is 32.2. The molecule has 0 aromatic heterocycles. The van der Waals surface area contributed by atoms with Crippen molar-refractivity contribution in [3.63, 3.8) is 0 Å². The molecule has 1 aliphatic rings. The van der Waals surface area contributed by atoms with Gasteiger partial charge < -0.3 is 19.7 Å². The molecule has 1 fully saturated rings. The molecule has 0 aliphatic carbocycles. The largest absolute Gasteiger partial charge is 0.494 e. The molecule has 2 amide bonds. The normalized spacial score (nSPS) is 19.0. The molecule has 1 aliphatic heterocycles. The van der Waals surface area contributed by atoms with Gasteiger partial charge in [0.1, 0.15) is 5.75 Å². The molecule has 0 spiro atoms. The summed E-state index contributed by atoms with van der Waals surface area (Å²) in [5.41, 5.74) is 0.631. The Morgan fingerprint density at radius 1 is 1.33 bits per heavy atom. The lowest BCUT2D eigenvalue weighted by Gasteiger charge is -2.28. The second kappa shape index (κ2) is 8.34. The Kier molecular flexibility index (Phi) is 6.44. The zero-order valence-corrected chi connectivity index (χ0v) is 14.8. The second-order valence-electron chi connectivity index (χ2n) is 5.63. The van der Waals surface area contributed by atoms with E-state index in [0.29, 0.717) is 31.9 Å². The van der Waals surface area contributed by atoms with Crippen LogP contribution in [-0.2, 0) is 14.6 Å². The van der Waals surface area contributed by atoms with Gasteiger partial charge in [-0.15, -0.1) is 0 Å². The number of carbonyl (C=O) groups is 1. The number of benzene rings is 1. The summed E-state index contributed by atoms with van der Waals surface area (Å²) >= 11 is 0. The van der Waals surface area contributed by atoms with Gasteiger partial charge >= 0.3 is 6.03 Å². The Bertz CT molecular complexity index is 645. The van der Waals surface area contributed by atoms with Crippen LogP contribution in [0.5, 0.6) is 5.75 Å². The second-order valence-corrected chi connectivity index (χ2v) is 7.86. The van der Waals surface area contributed by atoms with Gasteiger partial charge in [0.25, 0.3) is 0 Å². The van der Waals surface area contributed by atoms with Crippen molar-refractivity contribution < 1.29 is 22.7 Å². The number of hydrogen-bond acceptors (Lipinski definition) is 5. The molecule has 1 heterocycles. The van der Waals surface area contributed by atoms with Crippen LogP contribution in [0.15, 0.2) is 24.3 Å². The predicted octanol–water partition coefficient (Wildman–Crippen LogP) is 1.75. The van der Waals surface area contributed by atoms with Crippen LogP contribution >= 0.6 is 0 Å². The molecular formula is C16H24N2O5S. The van der Waals surface area contributed by atoms with Crippen LogP contribution in [0.2, 0.25) is 0 Å². The van der Waals surface area contributed by atoms with Crippen molar-refractivity contribution in [1.82, 2.24) is 4.90 Å². The van der Waals surface area contributed by atoms with Gasteiger partial charge in [0.2, 0.25) is 0 Å². The standard InChI is InChI=1S/C16H24N2O5S/c1-3-23-15-6-4-13(5-7-15)17-16(19)18(9-10-22-2)14-8-11-24(20,21)12-14/h4-7,14H,3,8-12H2,1-2H3,(H,17,19). The fraction of sp³-hybridized carbons (Fsp3) is 0.562. The number of methoxy groups -OCH3 is 1. The van der Waals surface area contributed by atoms with E-state index < -0.39 is 9.84 Å². The van der Waals surface area contributed by atoms with Crippen LogP contribution in [0.1, 0.15) is 13.3 Å². The minimum atomic E-state index is -3.06. The first-order valence-corrected chi connectivity index (χ1v) is 9.77. The highest BCUT2D eigenvalue weighted by molar-refractivity contribution is 7.91. The Hall–Kier alpha value is -1.80. The lowest BCUT2D eigenvalue weighted by atomic mass is 10.2. The molecule has 134 valence electrons. The molecule has 7 nitrogen and oxygen atoms in total. The van der Waals surface area contributed by atoms with Crippen molar-refractivity contribution in [2.24, 2.45) is 0 Å². The molecule has 24 heavy (non-hydrogen) atoms. The number of nitrogens with one attached hydrogen (secondary N) is 1. The molecule has 2 rings (SSSR count). The SMILES string of the molecule is CCOc1ccc(NC(=O)N(CCOC)C2CCS(=O)(=O)C2)cc1. The Labute approximate surface area is 142 Å².